The van der Waals surface area contributed by atoms with Gasteiger partial charge in [-0.25, -0.2) is 15.0 Å². The van der Waals surface area contributed by atoms with Crippen molar-refractivity contribution in [3.8, 4) is 11.4 Å². The Morgan fingerprint density at radius 2 is 1.67 bits per heavy atom. The molecule has 5 rings (SSSR count). The zero-order chi connectivity index (χ0) is 20.5. The number of nitrogens with zero attached hydrogens (tertiary/aromatic N) is 4. The lowest BCUT2D eigenvalue weighted by molar-refractivity contribution is 0.1000. The van der Waals surface area contributed by atoms with E-state index in [-0.39, 0.29) is 6.17 Å². The van der Waals surface area contributed by atoms with Gasteiger partial charge in [0.25, 0.3) is 0 Å². The van der Waals surface area contributed by atoms with Gasteiger partial charge in [-0.15, -0.1) is 0 Å². The maximum atomic E-state index is 11.7. The van der Waals surface area contributed by atoms with Crippen molar-refractivity contribution in [1.82, 2.24) is 15.0 Å². The van der Waals surface area contributed by atoms with Crippen LogP contribution >= 0.6 is 0 Å². The number of aromatic nitrogens is 3. The second kappa shape index (κ2) is 7.29. The highest BCUT2D eigenvalue weighted by molar-refractivity contribution is 5.94. The van der Waals surface area contributed by atoms with Gasteiger partial charge in [0.15, 0.2) is 5.82 Å². The van der Waals surface area contributed by atoms with E-state index in [4.69, 9.17) is 5.73 Å². The number of primary amides is 1. The highest BCUT2D eigenvalue weighted by atomic mass is 16.1. The molecule has 0 fully saturated rings. The fourth-order valence-electron chi connectivity index (χ4n) is 3.56. The molecule has 7 heteroatoms. The third-order valence-electron chi connectivity index (χ3n) is 5.01. The molecule has 0 radical (unpaired) electrons. The van der Waals surface area contributed by atoms with E-state index in [1.54, 1.807) is 18.3 Å². The van der Waals surface area contributed by atoms with Crippen LogP contribution < -0.4 is 16.0 Å². The molecule has 7 nitrogen and oxygen atoms in total. The molecular formula is C23H18N6O. The van der Waals surface area contributed by atoms with Gasteiger partial charge in [0.1, 0.15) is 12.0 Å². The largest absolute Gasteiger partial charge is 0.366 e. The number of carbonyl (C=O) groups excluding carboxylic acids is 1. The molecule has 2 aromatic heterocycles. The average molecular weight is 394 g/mol. The first kappa shape index (κ1) is 17.8. The second-order valence-electron chi connectivity index (χ2n) is 6.91. The van der Waals surface area contributed by atoms with E-state index < -0.39 is 5.91 Å². The van der Waals surface area contributed by atoms with Gasteiger partial charge in [-0.3, -0.25) is 9.69 Å². The Kier molecular flexibility index (Phi) is 4.33. The molecule has 146 valence electrons. The molecule has 0 bridgehead atoms. The summed E-state index contributed by atoms with van der Waals surface area (Å²) in [5.74, 6) is 0.780. The van der Waals surface area contributed by atoms with E-state index in [0.29, 0.717) is 17.2 Å². The number of nitrogens with one attached hydrogen (secondary N) is 1. The van der Waals surface area contributed by atoms with Crippen LogP contribution in [-0.4, -0.2) is 20.9 Å². The van der Waals surface area contributed by atoms with Crippen LogP contribution in [0.15, 0.2) is 85.3 Å². The van der Waals surface area contributed by atoms with Crippen LogP contribution in [0.2, 0.25) is 0 Å². The fraction of sp³-hybridized carbons (Fsp3) is 0.0435. The minimum atomic E-state index is -0.494. The summed E-state index contributed by atoms with van der Waals surface area (Å²) in [4.78, 5) is 27.3. The van der Waals surface area contributed by atoms with Gasteiger partial charge in [0.05, 0.1) is 11.4 Å². The summed E-state index contributed by atoms with van der Waals surface area (Å²) in [5.41, 5.74) is 9.61. The summed E-state index contributed by atoms with van der Waals surface area (Å²) < 4.78 is 0. The Morgan fingerprint density at radius 3 is 2.43 bits per heavy atom. The van der Waals surface area contributed by atoms with E-state index in [0.717, 1.165) is 22.5 Å². The number of pyridine rings is 1. The zero-order valence-electron chi connectivity index (χ0n) is 15.9. The van der Waals surface area contributed by atoms with Crippen molar-refractivity contribution >= 4 is 23.1 Å². The SMILES string of the molecule is NC(=O)c1ccnc(N2c3ccccc3NC2c2cnc(-c3ccccc3)nc2)c1. The summed E-state index contributed by atoms with van der Waals surface area (Å²) in [6, 6.07) is 21.1. The highest BCUT2D eigenvalue weighted by Crippen LogP contribution is 2.45. The minimum Gasteiger partial charge on any atom is -0.366 e. The molecule has 0 spiro atoms. The molecule has 0 saturated carbocycles. The van der Waals surface area contributed by atoms with Crippen molar-refractivity contribution in [2.75, 3.05) is 10.2 Å². The second-order valence-corrected chi connectivity index (χ2v) is 6.91. The first-order chi connectivity index (χ1) is 14.7. The third-order valence-corrected chi connectivity index (χ3v) is 5.01. The molecule has 4 aromatic rings. The van der Waals surface area contributed by atoms with Crippen LogP contribution in [0.4, 0.5) is 17.2 Å². The summed E-state index contributed by atoms with van der Waals surface area (Å²) in [6.07, 6.45) is 4.93. The predicted octanol–water partition coefficient (Wildman–Crippen LogP) is 3.90. The Bertz CT molecular complexity index is 1210. The van der Waals surface area contributed by atoms with E-state index in [1.165, 1.54) is 0 Å². The molecule has 0 aliphatic carbocycles. The van der Waals surface area contributed by atoms with Crippen LogP contribution in [0.5, 0.6) is 0 Å². The molecule has 2 aromatic carbocycles. The van der Waals surface area contributed by atoms with E-state index in [9.17, 15) is 4.79 Å². The Labute approximate surface area is 173 Å². The number of carbonyl (C=O) groups is 1. The maximum absolute atomic E-state index is 11.7. The van der Waals surface area contributed by atoms with Crippen LogP contribution in [0.1, 0.15) is 22.1 Å². The standard InChI is InChI=1S/C23H18N6O/c24-21(30)16-10-11-25-20(12-16)29-19-9-5-4-8-18(19)28-23(29)17-13-26-22(27-14-17)15-6-2-1-3-7-15/h1-14,23,28H,(H2,24,30). The van der Waals surface area contributed by atoms with Crippen LogP contribution in [0.3, 0.4) is 0 Å². The normalized spacial score (nSPS) is 14.8. The number of fused-ring (bicyclic) bond motifs is 1. The lowest BCUT2D eigenvalue weighted by Crippen LogP contribution is -2.25. The number of hydrogen-bond acceptors (Lipinski definition) is 6. The van der Waals surface area contributed by atoms with E-state index in [1.807, 2.05) is 71.9 Å². The molecule has 1 unspecified atom stereocenters. The van der Waals surface area contributed by atoms with Gasteiger partial charge in [-0.05, 0) is 24.3 Å². The smallest absolute Gasteiger partial charge is 0.248 e. The summed E-state index contributed by atoms with van der Waals surface area (Å²) in [5, 5.41) is 3.50. The van der Waals surface area contributed by atoms with E-state index in [2.05, 4.69) is 20.3 Å². The van der Waals surface area contributed by atoms with Crippen molar-refractivity contribution in [2.45, 2.75) is 6.17 Å². The lowest BCUT2D eigenvalue weighted by atomic mass is 10.2. The average Bonchev–Trinajstić information content (AvgIpc) is 3.19. The fourth-order valence-corrected chi connectivity index (χ4v) is 3.56. The van der Waals surface area contributed by atoms with Gasteiger partial charge in [0, 0.05) is 35.3 Å². The van der Waals surface area contributed by atoms with Crippen LogP contribution in [0.25, 0.3) is 11.4 Å². The Hall–Kier alpha value is -4.26. The number of benzene rings is 2. The number of hydrogen-bond donors (Lipinski definition) is 2. The van der Waals surface area contributed by atoms with Gasteiger partial charge >= 0.3 is 0 Å². The lowest BCUT2D eigenvalue weighted by Gasteiger charge is -2.26. The highest BCUT2D eigenvalue weighted by Gasteiger charge is 2.32. The van der Waals surface area contributed by atoms with Gasteiger partial charge in [-0.2, -0.15) is 0 Å². The molecule has 1 atom stereocenters. The van der Waals surface area contributed by atoms with Gasteiger partial charge in [0.2, 0.25) is 5.91 Å². The first-order valence-corrected chi connectivity index (χ1v) is 9.49. The van der Waals surface area contributed by atoms with Crippen LogP contribution in [-0.2, 0) is 0 Å². The quantitative estimate of drug-likeness (QED) is 0.545. The molecule has 1 aliphatic rings. The molecule has 1 aliphatic heterocycles. The van der Waals surface area contributed by atoms with Crippen molar-refractivity contribution in [2.24, 2.45) is 5.73 Å². The van der Waals surface area contributed by atoms with E-state index >= 15 is 0 Å². The first-order valence-electron chi connectivity index (χ1n) is 9.49. The molecule has 1 amide bonds. The van der Waals surface area contributed by atoms with Crippen LogP contribution in [0, 0.1) is 0 Å². The summed E-state index contributed by atoms with van der Waals surface area (Å²) in [6.45, 7) is 0. The molecule has 0 saturated heterocycles. The zero-order valence-corrected chi connectivity index (χ0v) is 15.9. The Balaban J connectivity index is 1.55. The van der Waals surface area contributed by atoms with Gasteiger partial charge < -0.3 is 11.1 Å². The Morgan fingerprint density at radius 1 is 0.933 bits per heavy atom. The number of para-hydroxylation sites is 2. The van der Waals surface area contributed by atoms with Crippen molar-refractivity contribution < 1.29 is 4.79 Å². The molecule has 3 N–H and O–H groups in total. The van der Waals surface area contributed by atoms with Crippen molar-refractivity contribution in [3.63, 3.8) is 0 Å². The molecule has 3 heterocycles. The van der Waals surface area contributed by atoms with Crippen molar-refractivity contribution in [1.29, 1.82) is 0 Å². The minimum absolute atomic E-state index is 0.275. The monoisotopic (exact) mass is 394 g/mol. The summed E-state index contributed by atoms with van der Waals surface area (Å²) in [7, 11) is 0. The predicted molar refractivity (Wildman–Crippen MR) is 115 cm³/mol. The van der Waals surface area contributed by atoms with Crippen molar-refractivity contribution in [3.05, 3.63) is 96.4 Å². The van der Waals surface area contributed by atoms with Gasteiger partial charge in [-0.1, -0.05) is 42.5 Å². The maximum Gasteiger partial charge on any atom is 0.248 e. The summed E-state index contributed by atoms with van der Waals surface area (Å²) >= 11 is 0. The number of amides is 1. The number of nitrogens with two attached hydrogens (primary N) is 1. The topological polar surface area (TPSA) is 97.0 Å². The third kappa shape index (κ3) is 3.12. The number of rotatable bonds is 4. The molecular weight excluding hydrogens is 376 g/mol. The number of anilines is 3. The molecule has 30 heavy (non-hydrogen) atoms.